The van der Waals surface area contributed by atoms with Crippen molar-refractivity contribution in [2.24, 2.45) is 10.8 Å². The number of hydrogen-bond donors (Lipinski definition) is 0. The maximum atomic E-state index is 14.3. The predicted molar refractivity (Wildman–Crippen MR) is 281 cm³/mol. The van der Waals surface area contributed by atoms with E-state index < -0.39 is 60.2 Å². The average Bonchev–Trinajstić information content (AvgIpc) is 3.35. The molecule has 2 saturated heterocycles. The lowest BCUT2D eigenvalue weighted by Gasteiger charge is -2.52. The van der Waals surface area contributed by atoms with Gasteiger partial charge in [-0.2, -0.15) is 26.3 Å². The summed E-state index contributed by atoms with van der Waals surface area (Å²) in [5.74, 6) is -1.43. The minimum absolute atomic E-state index is 0.180. The Kier molecular flexibility index (Phi) is 17.8. The van der Waals surface area contributed by atoms with Crippen molar-refractivity contribution in [1.29, 1.82) is 0 Å². The van der Waals surface area contributed by atoms with Crippen LogP contribution in [0.15, 0.2) is 171 Å². The average molecular weight is 1090 g/mol. The Morgan fingerprint density at radius 3 is 1.20 bits per heavy atom. The van der Waals surface area contributed by atoms with Gasteiger partial charge in [0.25, 0.3) is 0 Å². The van der Waals surface area contributed by atoms with Crippen LogP contribution in [0.25, 0.3) is 0 Å². The topological polar surface area (TPSA) is 66.4 Å². The molecule has 388 valence electrons. The molecule has 0 bridgehead atoms. The van der Waals surface area contributed by atoms with Crippen molar-refractivity contribution in [3.8, 4) is 0 Å². The highest BCUT2D eigenvalue weighted by Crippen LogP contribution is 2.57. The summed E-state index contributed by atoms with van der Waals surface area (Å²) in [5.41, 5.74) is 1.46. The van der Waals surface area contributed by atoms with Crippen LogP contribution in [0.2, 0.25) is 20.1 Å². The van der Waals surface area contributed by atoms with Gasteiger partial charge in [-0.25, -0.2) is 0 Å². The molecule has 0 saturated carbocycles. The number of hydrogen-bond acceptors (Lipinski definition) is 4. The molecule has 8 rings (SSSR count). The summed E-state index contributed by atoms with van der Waals surface area (Å²) < 4.78 is 84.3. The molecule has 16 heteroatoms. The van der Waals surface area contributed by atoms with E-state index in [1.54, 1.807) is 111 Å². The lowest BCUT2D eigenvalue weighted by atomic mass is 9.67. The first-order valence-electron chi connectivity index (χ1n) is 23.9. The molecule has 0 aliphatic carbocycles. The maximum absolute atomic E-state index is 14.3. The molecule has 6 nitrogen and oxygen atoms in total. The molecule has 2 fully saturated rings. The summed E-state index contributed by atoms with van der Waals surface area (Å²) in [4.78, 5) is 39.9. The number of halogens is 10. The number of pyridine rings is 2. The van der Waals surface area contributed by atoms with Gasteiger partial charge in [0.2, 0.25) is 11.8 Å². The second-order valence-electron chi connectivity index (χ2n) is 19.4. The third kappa shape index (κ3) is 13.2. The summed E-state index contributed by atoms with van der Waals surface area (Å²) in [6, 6.07) is 33.9. The van der Waals surface area contributed by atoms with E-state index in [1.165, 1.54) is 34.3 Å². The van der Waals surface area contributed by atoms with Crippen molar-refractivity contribution < 1.29 is 35.9 Å². The largest absolute Gasteiger partial charge is 0.391 e. The smallest absolute Gasteiger partial charge is 0.326 e. The van der Waals surface area contributed by atoms with Gasteiger partial charge in [-0.15, -0.1) is 13.2 Å². The van der Waals surface area contributed by atoms with Gasteiger partial charge in [0, 0.05) is 44.3 Å². The number of allylic oxidation sites excluding steroid dienone is 2. The van der Waals surface area contributed by atoms with Crippen LogP contribution in [0.4, 0.5) is 26.3 Å². The summed E-state index contributed by atoms with van der Waals surface area (Å²) >= 11 is 25.0. The van der Waals surface area contributed by atoms with E-state index in [4.69, 9.17) is 46.4 Å². The molecule has 4 aromatic carbocycles. The lowest BCUT2D eigenvalue weighted by molar-refractivity contribution is -0.172. The van der Waals surface area contributed by atoms with Crippen molar-refractivity contribution in [3.05, 3.63) is 225 Å². The molecule has 2 aliphatic rings. The molecule has 4 heterocycles. The quantitative estimate of drug-likeness (QED) is 0.0805. The first-order chi connectivity index (χ1) is 35.0. The lowest BCUT2D eigenvalue weighted by Crippen LogP contribution is -2.53. The second-order valence-corrected chi connectivity index (χ2v) is 21.2. The molecular weight excluding hydrogens is 1040 g/mol. The van der Waals surface area contributed by atoms with Crippen LogP contribution in [0, 0.1) is 10.8 Å². The van der Waals surface area contributed by atoms with Crippen LogP contribution in [0.1, 0.15) is 122 Å². The van der Waals surface area contributed by atoms with E-state index in [1.807, 2.05) is 36.4 Å². The monoisotopic (exact) mass is 1090 g/mol. The van der Waals surface area contributed by atoms with Gasteiger partial charge in [-0.3, -0.25) is 19.6 Å². The third-order valence-electron chi connectivity index (χ3n) is 14.0. The van der Waals surface area contributed by atoms with E-state index in [0.717, 1.165) is 11.1 Å². The fourth-order valence-corrected chi connectivity index (χ4v) is 11.4. The van der Waals surface area contributed by atoms with E-state index in [-0.39, 0.29) is 35.0 Å². The number of piperidine rings is 2. The van der Waals surface area contributed by atoms with E-state index >= 15 is 0 Å². The van der Waals surface area contributed by atoms with Gasteiger partial charge >= 0.3 is 12.4 Å². The number of carbonyl (C=O) groups is 2. The van der Waals surface area contributed by atoms with Gasteiger partial charge in [0.15, 0.2) is 0 Å². The summed E-state index contributed by atoms with van der Waals surface area (Å²) in [7, 11) is 0. The predicted octanol–water partition coefficient (Wildman–Crippen LogP) is 17.4. The molecule has 6 aromatic rings. The van der Waals surface area contributed by atoms with E-state index in [2.05, 4.69) is 23.1 Å². The highest BCUT2D eigenvalue weighted by Gasteiger charge is 2.55. The van der Waals surface area contributed by atoms with Gasteiger partial charge in [0.05, 0.1) is 59.2 Å². The SMILES string of the molecule is C=CC[C@@]1(C)C[C@H](c2cccc(Cl)c2)[C@@H](c2ccc(Cl)cc2)N([C@@H](CC(F)(F)F)c2ccccn2)C1=O.C=CC[C@@]1(C)C[C@H](c2cccc(Cl)c2)[C@@H](c2ccc(Cl)cc2)N([C@H](CC(F)(F)F)c2ccccn2)C1=O. The first-order valence-corrected chi connectivity index (χ1v) is 25.4. The Bertz CT molecular complexity index is 2700. The molecule has 0 N–H and O–H groups in total. The molecule has 2 amide bonds. The van der Waals surface area contributed by atoms with Crippen LogP contribution in [0.3, 0.4) is 0 Å². The van der Waals surface area contributed by atoms with Crippen molar-refractivity contribution in [2.45, 2.75) is 101 Å². The Morgan fingerprint density at radius 2 is 0.905 bits per heavy atom. The Balaban J connectivity index is 0.000000216. The summed E-state index contributed by atoms with van der Waals surface area (Å²) in [6.45, 7) is 11.2. The molecule has 74 heavy (non-hydrogen) atoms. The van der Waals surface area contributed by atoms with Gasteiger partial charge in [-0.1, -0.05) is 133 Å². The van der Waals surface area contributed by atoms with Crippen LogP contribution < -0.4 is 0 Å². The number of rotatable bonds is 14. The summed E-state index contributed by atoms with van der Waals surface area (Å²) in [6.07, 6.45) is -3.91. The van der Waals surface area contributed by atoms with Gasteiger partial charge in [0.1, 0.15) is 0 Å². The number of likely N-dealkylation sites (tertiary alicyclic amines) is 2. The number of carbonyl (C=O) groups excluding carboxylic acids is 2. The number of benzene rings is 4. The van der Waals surface area contributed by atoms with Crippen molar-refractivity contribution in [1.82, 2.24) is 19.8 Å². The molecular formula is C58H54Cl4F6N4O2. The molecule has 0 spiro atoms. The summed E-state index contributed by atoms with van der Waals surface area (Å²) in [5, 5.41) is 2.00. The first kappa shape index (κ1) is 56.1. The zero-order valence-corrected chi connectivity index (χ0v) is 43.5. The van der Waals surface area contributed by atoms with Gasteiger partial charge in [-0.05, 0) is 121 Å². The second kappa shape index (κ2) is 23.5. The number of alkyl halides is 6. The molecule has 0 unspecified atom stereocenters. The maximum Gasteiger partial charge on any atom is 0.391 e. The minimum atomic E-state index is -4.54. The Labute approximate surface area is 448 Å². The highest BCUT2D eigenvalue weighted by atomic mass is 35.5. The molecule has 2 aliphatic heterocycles. The highest BCUT2D eigenvalue weighted by molar-refractivity contribution is 6.31. The number of amides is 2. The molecule has 0 radical (unpaired) electrons. The van der Waals surface area contributed by atoms with Crippen LogP contribution in [0.5, 0.6) is 0 Å². The fourth-order valence-electron chi connectivity index (χ4n) is 10.7. The number of nitrogens with zero attached hydrogens (tertiary/aromatic N) is 4. The molecule has 8 atom stereocenters. The van der Waals surface area contributed by atoms with Crippen LogP contribution in [-0.2, 0) is 9.59 Å². The minimum Gasteiger partial charge on any atom is -0.326 e. The normalized spacial score (nSPS) is 23.1. The molecule has 2 aromatic heterocycles. The van der Waals surface area contributed by atoms with Gasteiger partial charge < -0.3 is 9.80 Å². The van der Waals surface area contributed by atoms with Crippen LogP contribution >= 0.6 is 46.4 Å². The zero-order valence-electron chi connectivity index (χ0n) is 40.5. The van der Waals surface area contributed by atoms with E-state index in [0.29, 0.717) is 56.9 Å². The van der Waals surface area contributed by atoms with Crippen molar-refractivity contribution in [3.63, 3.8) is 0 Å². The Morgan fingerprint density at radius 1 is 0.541 bits per heavy atom. The zero-order chi connectivity index (χ0) is 53.6. The standard InChI is InChI=1S/2C29H27Cl2F3N2O/c2*1-3-14-28(2)17-23(20-7-6-8-22(31)16-20)26(19-10-12-21(30)13-11-19)36(27(28)37)25(18-29(32,33)34)24-9-4-5-15-35-24/h2*3-13,15-16,23,25-26H,1,14,17-18H2,2H3/t23-,25+,26-,28+;23-,25-,26-,28+/m11/s1. The fraction of sp³-hybridized carbons (Fsp3) is 0.310. The van der Waals surface area contributed by atoms with Crippen molar-refractivity contribution in [2.75, 3.05) is 0 Å². The van der Waals surface area contributed by atoms with Crippen LogP contribution in [-0.4, -0.2) is 43.9 Å². The van der Waals surface area contributed by atoms with Crippen molar-refractivity contribution >= 4 is 58.2 Å². The van der Waals surface area contributed by atoms with E-state index in [9.17, 15) is 35.9 Å². The Hall–Kier alpha value is -5.66. The number of aromatic nitrogens is 2. The third-order valence-corrected chi connectivity index (χ3v) is 14.9.